The lowest BCUT2D eigenvalue weighted by Crippen LogP contribution is -2.42. The summed E-state index contributed by atoms with van der Waals surface area (Å²) in [6.07, 6.45) is 4.57. The molecule has 1 saturated heterocycles. The number of carbonyl (C=O) groups is 2. The van der Waals surface area contributed by atoms with Gasteiger partial charge in [0.25, 0.3) is 11.8 Å². The van der Waals surface area contributed by atoms with Crippen LogP contribution < -0.4 is 5.73 Å². The number of alkyl halides is 2. The van der Waals surface area contributed by atoms with Gasteiger partial charge in [0, 0.05) is 67.0 Å². The number of amides is 1. The first-order valence-electron chi connectivity index (χ1n) is 15.1. The molecular formula is C37H32F3N3O3. The molecule has 1 fully saturated rings. The van der Waals surface area contributed by atoms with Crippen LogP contribution in [0.4, 0.5) is 19.0 Å². The number of carbonyl (C=O) groups excluding carboxylic acids is 2. The first-order chi connectivity index (χ1) is 22.0. The lowest BCUT2D eigenvalue weighted by molar-refractivity contribution is -0.114. The average Bonchev–Trinajstić information content (AvgIpc) is 3.46. The molecule has 0 unspecified atom stereocenters. The van der Waals surface area contributed by atoms with Crippen molar-refractivity contribution in [2.45, 2.75) is 38.5 Å². The largest absolute Gasteiger partial charge is 0.460 e. The average molecular weight is 624 g/mol. The molecule has 9 heteroatoms. The van der Waals surface area contributed by atoms with E-state index in [4.69, 9.17) is 10.2 Å². The molecule has 6 rings (SSSR count). The lowest BCUT2D eigenvalue weighted by Gasteiger charge is -2.31. The molecule has 0 saturated carbocycles. The summed E-state index contributed by atoms with van der Waals surface area (Å²) in [4.78, 5) is 30.9. The second-order valence-corrected chi connectivity index (χ2v) is 11.7. The van der Waals surface area contributed by atoms with E-state index in [0.717, 1.165) is 27.6 Å². The molecule has 2 aromatic heterocycles. The molecule has 5 aromatic rings. The van der Waals surface area contributed by atoms with E-state index in [1.54, 1.807) is 30.5 Å². The fraction of sp³-hybridized carbons (Fsp3) is 0.216. The van der Waals surface area contributed by atoms with Gasteiger partial charge in [-0.05, 0) is 78.2 Å². The van der Waals surface area contributed by atoms with Gasteiger partial charge in [0.2, 0.25) is 0 Å². The molecule has 0 radical (unpaired) electrons. The number of hydrogen-bond donors (Lipinski definition) is 1. The number of furan rings is 1. The lowest BCUT2D eigenvalue weighted by atomic mass is 9.95. The van der Waals surface area contributed by atoms with E-state index < -0.39 is 30.5 Å². The molecule has 1 aliphatic heterocycles. The number of halogens is 3. The number of fused-ring (bicyclic) bond motifs is 1. The highest BCUT2D eigenvalue weighted by Gasteiger charge is 2.36. The van der Waals surface area contributed by atoms with Crippen molar-refractivity contribution in [1.82, 2.24) is 9.88 Å². The van der Waals surface area contributed by atoms with Crippen LogP contribution >= 0.6 is 0 Å². The predicted molar refractivity (Wildman–Crippen MR) is 173 cm³/mol. The molecule has 1 aliphatic rings. The number of nitrogens with two attached hydrogens (primary N) is 1. The Hall–Kier alpha value is -5.18. The minimum atomic E-state index is -2.78. The molecule has 1 amide bonds. The van der Waals surface area contributed by atoms with Crippen LogP contribution in [0.1, 0.15) is 46.5 Å². The number of aromatic nitrogens is 1. The van der Waals surface area contributed by atoms with Crippen molar-refractivity contribution in [3.05, 3.63) is 113 Å². The first-order valence-corrected chi connectivity index (χ1v) is 15.1. The number of anilines is 1. The van der Waals surface area contributed by atoms with Crippen LogP contribution in [0.15, 0.2) is 89.5 Å². The number of nitrogen functional groups attached to an aromatic ring is 1. The maximum atomic E-state index is 15.6. The minimum Gasteiger partial charge on any atom is -0.460 e. The number of ketones is 1. The van der Waals surface area contributed by atoms with E-state index >= 15 is 4.39 Å². The number of nitrogens with zero attached hydrogens (tertiary/aromatic N) is 2. The van der Waals surface area contributed by atoms with Crippen molar-refractivity contribution in [2.75, 3.05) is 18.8 Å². The van der Waals surface area contributed by atoms with Crippen molar-refractivity contribution >= 4 is 34.6 Å². The van der Waals surface area contributed by atoms with Gasteiger partial charge in [-0.3, -0.25) is 9.59 Å². The van der Waals surface area contributed by atoms with Crippen molar-refractivity contribution in [2.24, 2.45) is 0 Å². The smallest absolute Gasteiger partial charge is 0.253 e. The van der Waals surface area contributed by atoms with E-state index in [1.165, 1.54) is 23.1 Å². The molecular weight excluding hydrogens is 591 g/mol. The van der Waals surface area contributed by atoms with Crippen LogP contribution in [-0.2, 0) is 11.2 Å². The van der Waals surface area contributed by atoms with Crippen molar-refractivity contribution in [3.63, 3.8) is 0 Å². The topological polar surface area (TPSA) is 89.4 Å². The Morgan fingerprint density at radius 3 is 2.41 bits per heavy atom. The molecule has 3 heterocycles. The predicted octanol–water partition coefficient (Wildman–Crippen LogP) is 8.28. The summed E-state index contributed by atoms with van der Waals surface area (Å²) in [5.41, 5.74) is 10.7. The molecule has 3 aromatic carbocycles. The number of piperidine rings is 1. The third kappa shape index (κ3) is 6.88. The second kappa shape index (κ2) is 12.7. The van der Waals surface area contributed by atoms with Gasteiger partial charge in [0.1, 0.15) is 23.0 Å². The van der Waals surface area contributed by atoms with E-state index in [2.05, 4.69) is 4.98 Å². The molecule has 0 atom stereocenters. The van der Waals surface area contributed by atoms with E-state index in [0.29, 0.717) is 29.1 Å². The van der Waals surface area contributed by atoms with Crippen molar-refractivity contribution in [3.8, 4) is 22.3 Å². The summed E-state index contributed by atoms with van der Waals surface area (Å²) in [5.74, 6) is -2.90. The number of hydrogen-bond acceptors (Lipinski definition) is 5. The Bertz CT molecular complexity index is 1940. The Morgan fingerprint density at radius 1 is 0.957 bits per heavy atom. The first kappa shape index (κ1) is 30.8. The number of aryl methyl sites for hydroxylation is 2. The van der Waals surface area contributed by atoms with Crippen LogP contribution in [-0.4, -0.2) is 40.6 Å². The van der Waals surface area contributed by atoms with E-state index in [9.17, 15) is 18.4 Å². The molecule has 0 bridgehead atoms. The van der Waals surface area contributed by atoms with Gasteiger partial charge in [-0.1, -0.05) is 35.9 Å². The van der Waals surface area contributed by atoms with Crippen LogP contribution in [0.25, 0.3) is 39.3 Å². The maximum absolute atomic E-state index is 15.6. The van der Waals surface area contributed by atoms with Gasteiger partial charge in [0.15, 0.2) is 5.78 Å². The summed E-state index contributed by atoms with van der Waals surface area (Å²) in [6.45, 7) is 1.84. The standard InChI is InChI=1S/C37H32F3N3O3/c1-23-2-6-25(7-3-23)32-20-27(31-12-8-26(21-33(31)38)36(45)43-16-14-37(39,40)15-17-43)18-28-19-30(46-35(28)32)11-10-29(44)9-4-24-5-13-34(41)42-22-24/h2-9,12-13,18-22H,10-11,14-17H2,1H3,(H2,41,42)/b9-4+. The SMILES string of the molecule is Cc1ccc(-c2cc(-c3ccc(C(=O)N4CCC(F)(F)CC4)cc3F)cc3cc(CCC(=O)/C=C/c4ccc(N)nc4)oc23)cc1. The normalized spacial score (nSPS) is 14.7. The highest BCUT2D eigenvalue weighted by molar-refractivity contribution is 5.98. The third-order valence-electron chi connectivity index (χ3n) is 8.23. The Labute approximate surface area is 264 Å². The highest BCUT2D eigenvalue weighted by atomic mass is 19.3. The van der Waals surface area contributed by atoms with Crippen LogP contribution in [0, 0.1) is 12.7 Å². The summed E-state index contributed by atoms with van der Waals surface area (Å²) in [7, 11) is 0. The van der Waals surface area contributed by atoms with E-state index in [-0.39, 0.29) is 36.4 Å². The fourth-order valence-electron chi connectivity index (χ4n) is 5.57. The second-order valence-electron chi connectivity index (χ2n) is 11.7. The molecule has 2 N–H and O–H groups in total. The molecule has 46 heavy (non-hydrogen) atoms. The maximum Gasteiger partial charge on any atom is 0.253 e. The Morgan fingerprint density at radius 2 is 1.72 bits per heavy atom. The summed E-state index contributed by atoms with van der Waals surface area (Å²) in [5, 5.41) is 0.743. The molecule has 0 spiro atoms. The number of likely N-dealkylation sites (tertiary alicyclic amines) is 1. The minimum absolute atomic E-state index is 0.0729. The Balaban J connectivity index is 1.27. The number of allylic oxidation sites excluding steroid dienone is 1. The zero-order valence-corrected chi connectivity index (χ0v) is 25.2. The number of benzene rings is 3. The van der Waals surface area contributed by atoms with Crippen molar-refractivity contribution in [1.29, 1.82) is 0 Å². The molecule has 0 aliphatic carbocycles. The van der Waals surface area contributed by atoms with Gasteiger partial charge in [-0.2, -0.15) is 0 Å². The van der Waals surface area contributed by atoms with Gasteiger partial charge < -0.3 is 15.1 Å². The van der Waals surface area contributed by atoms with Gasteiger partial charge in [0.05, 0.1) is 0 Å². The van der Waals surface area contributed by atoms with Crippen LogP contribution in [0.2, 0.25) is 0 Å². The zero-order valence-electron chi connectivity index (χ0n) is 25.2. The molecule has 234 valence electrons. The fourth-order valence-corrected chi connectivity index (χ4v) is 5.57. The van der Waals surface area contributed by atoms with Gasteiger partial charge >= 0.3 is 0 Å². The summed E-state index contributed by atoms with van der Waals surface area (Å²) in [6, 6.07) is 21.1. The zero-order chi connectivity index (χ0) is 32.4. The highest BCUT2D eigenvalue weighted by Crippen LogP contribution is 2.37. The molecule has 6 nitrogen and oxygen atoms in total. The van der Waals surface area contributed by atoms with Gasteiger partial charge in [-0.15, -0.1) is 0 Å². The summed E-state index contributed by atoms with van der Waals surface area (Å²) >= 11 is 0. The third-order valence-corrected chi connectivity index (χ3v) is 8.23. The van der Waals surface area contributed by atoms with Crippen LogP contribution in [0.3, 0.4) is 0 Å². The van der Waals surface area contributed by atoms with Crippen molar-refractivity contribution < 1.29 is 27.2 Å². The summed E-state index contributed by atoms with van der Waals surface area (Å²) < 4.78 is 49.1. The quantitative estimate of drug-likeness (QED) is 0.176. The van der Waals surface area contributed by atoms with E-state index in [1.807, 2.05) is 49.4 Å². The Kier molecular flexibility index (Phi) is 8.49. The monoisotopic (exact) mass is 623 g/mol. The van der Waals surface area contributed by atoms with Crippen LogP contribution in [0.5, 0.6) is 0 Å². The number of pyridine rings is 1. The van der Waals surface area contributed by atoms with Gasteiger partial charge in [-0.25, -0.2) is 18.2 Å². The number of rotatable bonds is 8.